The lowest BCUT2D eigenvalue weighted by Crippen LogP contribution is -2.13. The predicted octanol–water partition coefficient (Wildman–Crippen LogP) is 1.49. The topological polar surface area (TPSA) is 29.9 Å². The van der Waals surface area contributed by atoms with E-state index in [0.29, 0.717) is 0 Å². The Kier molecular flexibility index (Phi) is 4.53. The molecule has 1 heterocycles. The van der Waals surface area contributed by atoms with Crippen molar-refractivity contribution in [3.05, 3.63) is 24.5 Å². The first-order valence-electron chi connectivity index (χ1n) is 4.62. The summed E-state index contributed by atoms with van der Waals surface area (Å²) in [6.45, 7) is 7.23. The molecule has 0 aromatic carbocycles. The molecule has 1 N–H and O–H groups in total. The van der Waals surface area contributed by atoms with Gasteiger partial charge in [0.2, 0.25) is 0 Å². The maximum Gasteiger partial charge on any atom is 0.0538 e. The van der Waals surface area contributed by atoms with Crippen molar-refractivity contribution in [2.24, 2.45) is 0 Å². The van der Waals surface area contributed by atoms with Crippen molar-refractivity contribution in [1.29, 1.82) is 0 Å². The van der Waals surface area contributed by atoms with Crippen LogP contribution in [0.2, 0.25) is 0 Å². The van der Waals surface area contributed by atoms with Crippen LogP contribution in [-0.4, -0.2) is 16.3 Å². The van der Waals surface area contributed by atoms with Crippen LogP contribution in [0, 0.1) is 11.8 Å². The van der Waals surface area contributed by atoms with Gasteiger partial charge in [-0.3, -0.25) is 0 Å². The molecular formula is C11H15N3. The van der Waals surface area contributed by atoms with E-state index in [1.807, 2.05) is 19.3 Å². The van der Waals surface area contributed by atoms with E-state index >= 15 is 0 Å². The zero-order chi connectivity index (χ0) is 10.2. The Labute approximate surface area is 84.8 Å². The van der Waals surface area contributed by atoms with Gasteiger partial charge in [0.15, 0.2) is 0 Å². The Morgan fingerprint density at radius 1 is 1.71 bits per heavy atom. The molecule has 1 aromatic rings. The minimum absolute atomic E-state index is 0.833. The van der Waals surface area contributed by atoms with E-state index in [1.54, 1.807) is 10.9 Å². The van der Waals surface area contributed by atoms with Gasteiger partial charge >= 0.3 is 0 Å². The lowest BCUT2D eigenvalue weighted by Gasteiger charge is -1.97. The quantitative estimate of drug-likeness (QED) is 0.561. The minimum atomic E-state index is 0.833. The van der Waals surface area contributed by atoms with E-state index in [4.69, 9.17) is 0 Å². The Bertz CT molecular complexity index is 341. The number of hydrogen-bond donors (Lipinski definition) is 1. The van der Waals surface area contributed by atoms with Crippen molar-refractivity contribution in [2.45, 2.75) is 19.9 Å². The summed E-state index contributed by atoms with van der Waals surface area (Å²) < 4.78 is 1.70. The van der Waals surface area contributed by atoms with Crippen LogP contribution < -0.4 is 5.32 Å². The predicted molar refractivity (Wildman–Crippen MR) is 58.4 cm³/mol. The zero-order valence-electron chi connectivity index (χ0n) is 8.45. The van der Waals surface area contributed by atoms with Gasteiger partial charge in [0.05, 0.1) is 6.20 Å². The molecule has 3 heteroatoms. The molecule has 0 radical (unpaired) electrons. The second-order valence-corrected chi connectivity index (χ2v) is 2.86. The van der Waals surface area contributed by atoms with Gasteiger partial charge in [-0.15, -0.1) is 11.8 Å². The van der Waals surface area contributed by atoms with E-state index in [9.17, 15) is 0 Å². The second-order valence-electron chi connectivity index (χ2n) is 2.86. The first-order chi connectivity index (χ1) is 6.86. The largest absolute Gasteiger partial charge is 0.312 e. The summed E-state index contributed by atoms with van der Waals surface area (Å²) in [5, 5.41) is 7.36. The third-order valence-electron chi connectivity index (χ3n) is 1.77. The second kappa shape index (κ2) is 6.01. The Morgan fingerprint density at radius 2 is 2.57 bits per heavy atom. The molecular weight excluding hydrogens is 174 g/mol. The SMILES string of the molecule is C=Cn1cc(CNCCC#CC)cn1. The fourth-order valence-corrected chi connectivity index (χ4v) is 1.08. The van der Waals surface area contributed by atoms with Crippen LogP contribution in [0.4, 0.5) is 0 Å². The van der Waals surface area contributed by atoms with E-state index in [0.717, 1.165) is 25.1 Å². The van der Waals surface area contributed by atoms with Gasteiger partial charge in [-0.1, -0.05) is 6.58 Å². The van der Waals surface area contributed by atoms with Gasteiger partial charge in [0.25, 0.3) is 0 Å². The number of aromatic nitrogens is 2. The highest BCUT2D eigenvalue weighted by molar-refractivity contribution is 5.17. The molecule has 74 valence electrons. The van der Waals surface area contributed by atoms with Crippen molar-refractivity contribution in [3.63, 3.8) is 0 Å². The van der Waals surface area contributed by atoms with Crippen LogP contribution in [-0.2, 0) is 6.54 Å². The van der Waals surface area contributed by atoms with Gasteiger partial charge < -0.3 is 5.32 Å². The highest BCUT2D eigenvalue weighted by atomic mass is 15.2. The van der Waals surface area contributed by atoms with E-state index in [-0.39, 0.29) is 0 Å². The van der Waals surface area contributed by atoms with Gasteiger partial charge in [0, 0.05) is 37.5 Å². The van der Waals surface area contributed by atoms with Crippen molar-refractivity contribution >= 4 is 6.20 Å². The van der Waals surface area contributed by atoms with Gasteiger partial charge in [0.1, 0.15) is 0 Å². The van der Waals surface area contributed by atoms with Crippen LogP contribution in [0.3, 0.4) is 0 Å². The Morgan fingerprint density at radius 3 is 3.21 bits per heavy atom. The average molecular weight is 189 g/mol. The highest BCUT2D eigenvalue weighted by Gasteiger charge is 1.94. The first kappa shape index (κ1) is 10.6. The molecule has 14 heavy (non-hydrogen) atoms. The summed E-state index contributed by atoms with van der Waals surface area (Å²) in [5.41, 5.74) is 1.16. The number of nitrogens with one attached hydrogen (secondary N) is 1. The van der Waals surface area contributed by atoms with Crippen LogP contribution in [0.25, 0.3) is 6.20 Å². The Hall–Kier alpha value is -1.53. The molecule has 0 unspecified atom stereocenters. The van der Waals surface area contributed by atoms with Crippen LogP contribution >= 0.6 is 0 Å². The van der Waals surface area contributed by atoms with E-state index in [2.05, 4.69) is 28.8 Å². The molecule has 3 nitrogen and oxygen atoms in total. The van der Waals surface area contributed by atoms with Crippen molar-refractivity contribution in [3.8, 4) is 11.8 Å². The minimum Gasteiger partial charge on any atom is -0.312 e. The van der Waals surface area contributed by atoms with Gasteiger partial charge in [-0.25, -0.2) is 4.68 Å². The first-order valence-corrected chi connectivity index (χ1v) is 4.62. The maximum atomic E-state index is 4.08. The smallest absolute Gasteiger partial charge is 0.0538 e. The molecule has 0 spiro atoms. The number of nitrogens with zero attached hydrogens (tertiary/aromatic N) is 2. The number of rotatable bonds is 5. The van der Waals surface area contributed by atoms with Crippen LogP contribution in [0.5, 0.6) is 0 Å². The molecule has 0 saturated carbocycles. The van der Waals surface area contributed by atoms with E-state index < -0.39 is 0 Å². The summed E-state index contributed by atoms with van der Waals surface area (Å²) in [5.74, 6) is 5.86. The summed E-state index contributed by atoms with van der Waals surface area (Å²) >= 11 is 0. The fourth-order valence-electron chi connectivity index (χ4n) is 1.08. The van der Waals surface area contributed by atoms with Crippen molar-refractivity contribution in [1.82, 2.24) is 15.1 Å². The number of hydrogen-bond acceptors (Lipinski definition) is 2. The normalized spacial score (nSPS) is 9.21. The van der Waals surface area contributed by atoms with Crippen LogP contribution in [0.15, 0.2) is 19.0 Å². The summed E-state index contributed by atoms with van der Waals surface area (Å²) in [4.78, 5) is 0. The molecule has 1 rings (SSSR count). The zero-order valence-corrected chi connectivity index (χ0v) is 8.45. The Balaban J connectivity index is 2.23. The lowest BCUT2D eigenvalue weighted by atomic mass is 10.3. The molecule has 0 bridgehead atoms. The molecule has 0 saturated heterocycles. The van der Waals surface area contributed by atoms with E-state index in [1.165, 1.54) is 0 Å². The average Bonchev–Trinajstić information content (AvgIpc) is 2.65. The summed E-state index contributed by atoms with van der Waals surface area (Å²) in [6.07, 6.45) is 6.35. The maximum absolute atomic E-state index is 4.08. The third kappa shape index (κ3) is 3.46. The third-order valence-corrected chi connectivity index (χ3v) is 1.77. The molecule has 0 aliphatic carbocycles. The fraction of sp³-hybridized carbons (Fsp3) is 0.364. The molecule has 0 atom stereocenters. The van der Waals surface area contributed by atoms with Gasteiger partial charge in [-0.2, -0.15) is 5.10 Å². The monoisotopic (exact) mass is 189 g/mol. The molecule has 0 aliphatic heterocycles. The van der Waals surface area contributed by atoms with Crippen molar-refractivity contribution < 1.29 is 0 Å². The summed E-state index contributed by atoms with van der Waals surface area (Å²) in [6, 6.07) is 0. The molecule has 0 aliphatic rings. The summed E-state index contributed by atoms with van der Waals surface area (Å²) in [7, 11) is 0. The van der Waals surface area contributed by atoms with Crippen LogP contribution in [0.1, 0.15) is 18.9 Å². The standard InChI is InChI=1S/C11H15N3/c1-3-5-6-7-12-8-11-9-13-14(4-2)10-11/h4,9-10,12H,2,6-8H2,1H3. The molecule has 1 aromatic heterocycles. The van der Waals surface area contributed by atoms with Gasteiger partial charge in [-0.05, 0) is 6.92 Å². The lowest BCUT2D eigenvalue weighted by molar-refractivity contribution is 0.701. The molecule has 0 amide bonds. The highest BCUT2D eigenvalue weighted by Crippen LogP contribution is 1.96. The van der Waals surface area contributed by atoms with Crippen molar-refractivity contribution in [2.75, 3.05) is 6.54 Å². The molecule has 0 fully saturated rings.